The number of carbonyl (C=O) groups is 1. The smallest absolute Gasteiger partial charge is 0.219 e. The van der Waals surface area contributed by atoms with Crippen LogP contribution in [0.5, 0.6) is 0 Å². The quantitative estimate of drug-likeness (QED) is 0.894. The number of amides is 1. The lowest BCUT2D eigenvalue weighted by molar-refractivity contribution is -0.157. The Balaban J connectivity index is 1.65. The summed E-state index contributed by atoms with van der Waals surface area (Å²) < 4.78 is 0. The van der Waals surface area contributed by atoms with Gasteiger partial charge < -0.3 is 10.0 Å². The average molecular weight is 345 g/mol. The molecule has 138 valence electrons. The van der Waals surface area contributed by atoms with E-state index in [2.05, 4.69) is 22.9 Å². The fourth-order valence-electron chi connectivity index (χ4n) is 4.47. The maximum absolute atomic E-state index is 12.1. The summed E-state index contributed by atoms with van der Waals surface area (Å²) in [7, 11) is 0. The first-order valence-electron chi connectivity index (χ1n) is 9.31. The summed E-state index contributed by atoms with van der Waals surface area (Å²) in [6.45, 7) is 11.4. The van der Waals surface area contributed by atoms with Crippen molar-refractivity contribution in [3.8, 4) is 0 Å². The number of aromatic nitrogens is 1. The Hall–Kier alpha value is -1.46. The highest BCUT2D eigenvalue weighted by molar-refractivity contribution is 5.74. The number of piperidine rings is 2. The van der Waals surface area contributed by atoms with E-state index in [-0.39, 0.29) is 11.3 Å². The molecule has 1 spiro atoms. The number of carbonyl (C=O) groups excluding carboxylic acids is 1. The minimum Gasteiger partial charge on any atom is -0.391 e. The van der Waals surface area contributed by atoms with Crippen molar-refractivity contribution in [3.05, 3.63) is 29.6 Å². The molecule has 1 atom stereocenters. The normalized spacial score (nSPS) is 26.0. The van der Waals surface area contributed by atoms with Gasteiger partial charge in [0, 0.05) is 32.4 Å². The van der Waals surface area contributed by atoms with Crippen LogP contribution in [-0.2, 0) is 11.3 Å². The van der Waals surface area contributed by atoms with E-state index in [9.17, 15) is 9.90 Å². The van der Waals surface area contributed by atoms with Crippen molar-refractivity contribution in [1.82, 2.24) is 14.8 Å². The molecule has 1 N–H and O–H groups in total. The standard InChI is InChI=1S/C20H31N3O2/c1-15-9-17(12-21-11-15)13-22-7-5-20(6-8-22)10-18(25)19(3,4)23(14-20)16(2)24/h9,11-12,18,25H,5-8,10,13-14H2,1-4H3/t18-/m1/s1. The van der Waals surface area contributed by atoms with Gasteiger partial charge in [-0.1, -0.05) is 6.07 Å². The van der Waals surface area contributed by atoms with Crippen LogP contribution in [-0.4, -0.2) is 57.1 Å². The van der Waals surface area contributed by atoms with E-state index in [1.807, 2.05) is 31.1 Å². The molecule has 5 heteroatoms. The molecule has 2 fully saturated rings. The van der Waals surface area contributed by atoms with E-state index in [0.717, 1.165) is 45.4 Å². The van der Waals surface area contributed by atoms with Gasteiger partial charge in [0.15, 0.2) is 0 Å². The van der Waals surface area contributed by atoms with Crippen LogP contribution in [0.4, 0.5) is 0 Å². The molecule has 1 aromatic heterocycles. The van der Waals surface area contributed by atoms with Crippen molar-refractivity contribution in [2.45, 2.75) is 65.1 Å². The Labute approximate surface area is 151 Å². The molecule has 3 rings (SSSR count). The molecular formula is C20H31N3O2. The van der Waals surface area contributed by atoms with Crippen LogP contribution in [0.1, 0.15) is 51.2 Å². The van der Waals surface area contributed by atoms with E-state index in [0.29, 0.717) is 0 Å². The first kappa shape index (κ1) is 18.3. The summed E-state index contributed by atoms with van der Waals surface area (Å²) in [4.78, 5) is 20.8. The highest BCUT2D eigenvalue weighted by Crippen LogP contribution is 2.45. The lowest BCUT2D eigenvalue weighted by atomic mass is 9.67. The summed E-state index contributed by atoms with van der Waals surface area (Å²) in [5.74, 6) is 0.0661. The SMILES string of the molecule is CC(=O)N1CC2(CCN(Cc3cncc(C)c3)CC2)C[C@@H](O)C1(C)C. The molecule has 5 nitrogen and oxygen atoms in total. The van der Waals surface area contributed by atoms with Crippen molar-refractivity contribution in [3.63, 3.8) is 0 Å². The number of rotatable bonds is 2. The van der Waals surface area contributed by atoms with Crippen molar-refractivity contribution in [2.24, 2.45) is 5.41 Å². The maximum atomic E-state index is 12.1. The van der Waals surface area contributed by atoms with Gasteiger partial charge in [0.1, 0.15) is 0 Å². The van der Waals surface area contributed by atoms with Gasteiger partial charge in [-0.2, -0.15) is 0 Å². The number of hydrogen-bond donors (Lipinski definition) is 1. The van der Waals surface area contributed by atoms with Gasteiger partial charge in [0.25, 0.3) is 0 Å². The molecule has 0 saturated carbocycles. The van der Waals surface area contributed by atoms with E-state index in [1.54, 1.807) is 6.92 Å². The van der Waals surface area contributed by atoms with Crippen LogP contribution in [0.15, 0.2) is 18.5 Å². The summed E-state index contributed by atoms with van der Waals surface area (Å²) in [6, 6.07) is 2.20. The molecule has 0 radical (unpaired) electrons. The van der Waals surface area contributed by atoms with Crippen LogP contribution in [0.25, 0.3) is 0 Å². The lowest BCUT2D eigenvalue weighted by Crippen LogP contribution is -2.64. The highest BCUT2D eigenvalue weighted by Gasteiger charge is 2.50. The van der Waals surface area contributed by atoms with Crippen molar-refractivity contribution in [1.29, 1.82) is 0 Å². The van der Waals surface area contributed by atoms with Gasteiger partial charge in [-0.3, -0.25) is 14.7 Å². The number of hydrogen-bond acceptors (Lipinski definition) is 4. The molecule has 0 unspecified atom stereocenters. The van der Waals surface area contributed by atoms with Gasteiger partial charge >= 0.3 is 0 Å². The maximum Gasteiger partial charge on any atom is 0.219 e. The molecule has 2 aliphatic heterocycles. The summed E-state index contributed by atoms with van der Waals surface area (Å²) in [6.07, 6.45) is 6.23. The third-order valence-corrected chi connectivity index (χ3v) is 6.27. The third kappa shape index (κ3) is 3.72. The number of nitrogens with zero attached hydrogens (tertiary/aromatic N) is 3. The number of aliphatic hydroxyl groups excluding tert-OH is 1. The fourth-order valence-corrected chi connectivity index (χ4v) is 4.47. The predicted molar refractivity (Wildman–Crippen MR) is 98.0 cm³/mol. The third-order valence-electron chi connectivity index (χ3n) is 6.27. The van der Waals surface area contributed by atoms with Gasteiger partial charge in [-0.05, 0) is 69.7 Å². The van der Waals surface area contributed by atoms with Gasteiger partial charge in [0.05, 0.1) is 11.6 Å². The van der Waals surface area contributed by atoms with Crippen molar-refractivity contribution in [2.75, 3.05) is 19.6 Å². The Morgan fingerprint density at radius 3 is 2.60 bits per heavy atom. The minimum absolute atomic E-state index is 0.0575. The van der Waals surface area contributed by atoms with Crippen LogP contribution in [0.3, 0.4) is 0 Å². The molecule has 0 aliphatic carbocycles. The number of aliphatic hydroxyl groups is 1. The van der Waals surface area contributed by atoms with Crippen molar-refractivity contribution < 1.29 is 9.90 Å². The number of likely N-dealkylation sites (tertiary alicyclic amines) is 2. The largest absolute Gasteiger partial charge is 0.391 e. The molecule has 3 heterocycles. The fraction of sp³-hybridized carbons (Fsp3) is 0.700. The molecule has 2 aliphatic rings. The number of aryl methyl sites for hydroxylation is 1. The average Bonchev–Trinajstić information content (AvgIpc) is 2.53. The van der Waals surface area contributed by atoms with Gasteiger partial charge in [-0.15, -0.1) is 0 Å². The van der Waals surface area contributed by atoms with Gasteiger partial charge in [0.2, 0.25) is 5.91 Å². The predicted octanol–water partition coefficient (Wildman–Crippen LogP) is 2.36. The highest BCUT2D eigenvalue weighted by atomic mass is 16.3. The zero-order chi connectivity index (χ0) is 18.2. The Kier molecular flexibility index (Phi) is 4.91. The molecule has 0 bridgehead atoms. The Bertz CT molecular complexity index is 636. The zero-order valence-electron chi connectivity index (χ0n) is 16.0. The zero-order valence-corrected chi connectivity index (χ0v) is 16.0. The summed E-state index contributed by atoms with van der Waals surface area (Å²) in [5, 5.41) is 10.7. The first-order chi connectivity index (χ1) is 11.7. The van der Waals surface area contributed by atoms with Crippen LogP contribution in [0.2, 0.25) is 0 Å². The lowest BCUT2D eigenvalue weighted by Gasteiger charge is -2.55. The van der Waals surface area contributed by atoms with E-state index in [4.69, 9.17) is 0 Å². The molecular weight excluding hydrogens is 314 g/mol. The van der Waals surface area contributed by atoms with Crippen LogP contribution < -0.4 is 0 Å². The molecule has 0 aromatic carbocycles. The van der Waals surface area contributed by atoms with E-state index in [1.165, 1.54) is 11.1 Å². The molecule has 1 amide bonds. The van der Waals surface area contributed by atoms with Crippen LogP contribution >= 0.6 is 0 Å². The van der Waals surface area contributed by atoms with E-state index < -0.39 is 11.6 Å². The van der Waals surface area contributed by atoms with Crippen molar-refractivity contribution >= 4 is 5.91 Å². The summed E-state index contributed by atoms with van der Waals surface area (Å²) in [5.41, 5.74) is 2.04. The second-order valence-corrected chi connectivity index (χ2v) is 8.63. The van der Waals surface area contributed by atoms with Crippen LogP contribution in [0, 0.1) is 12.3 Å². The Morgan fingerprint density at radius 1 is 1.32 bits per heavy atom. The van der Waals surface area contributed by atoms with E-state index >= 15 is 0 Å². The second-order valence-electron chi connectivity index (χ2n) is 8.63. The number of pyridine rings is 1. The molecule has 2 saturated heterocycles. The Morgan fingerprint density at radius 2 is 2.00 bits per heavy atom. The first-order valence-corrected chi connectivity index (χ1v) is 9.31. The second kappa shape index (κ2) is 6.69. The minimum atomic E-state index is -0.471. The topological polar surface area (TPSA) is 56.7 Å². The molecule has 1 aromatic rings. The summed E-state index contributed by atoms with van der Waals surface area (Å²) >= 11 is 0. The monoisotopic (exact) mass is 345 g/mol. The van der Waals surface area contributed by atoms with Gasteiger partial charge in [-0.25, -0.2) is 0 Å². The molecule has 25 heavy (non-hydrogen) atoms.